The van der Waals surface area contributed by atoms with Gasteiger partial charge in [-0.25, -0.2) is 0 Å². The molecule has 0 saturated carbocycles. The number of para-hydroxylation sites is 1. The van der Waals surface area contributed by atoms with E-state index < -0.39 is 0 Å². The molecule has 0 aliphatic carbocycles. The lowest BCUT2D eigenvalue weighted by molar-refractivity contribution is 0.106. The number of nitriles is 1. The van der Waals surface area contributed by atoms with Crippen LogP contribution in [0.2, 0.25) is 0 Å². The fraction of sp³-hybridized carbons (Fsp3) is 0.346. The number of aliphatic imine (C=N–C) groups is 1. The highest BCUT2D eigenvalue weighted by Crippen LogP contribution is 2.30. The van der Waals surface area contributed by atoms with Gasteiger partial charge in [-0.15, -0.1) is 0 Å². The molecule has 0 bridgehead atoms. The van der Waals surface area contributed by atoms with E-state index in [0.29, 0.717) is 12.1 Å². The van der Waals surface area contributed by atoms with Gasteiger partial charge in [0.05, 0.1) is 12.1 Å². The number of rotatable bonds is 4. The van der Waals surface area contributed by atoms with E-state index in [-0.39, 0.29) is 22.3 Å². The number of H-pyrrole nitrogens is 1. The average Bonchev–Trinajstić information content (AvgIpc) is 3.11. The lowest BCUT2D eigenvalue weighted by atomic mass is 9.79. The van der Waals surface area contributed by atoms with E-state index >= 15 is 0 Å². The first kappa shape index (κ1) is 21.5. The third kappa shape index (κ3) is 4.52. The number of ketones is 1. The Morgan fingerprint density at radius 1 is 1.00 bits per heavy atom. The number of Topliss-reactive ketones (excluding diaryl/α,β-unsaturated/α-hetero) is 1. The Morgan fingerprint density at radius 2 is 1.60 bits per heavy atom. The minimum atomic E-state index is -0.349. The van der Waals surface area contributed by atoms with Crippen LogP contribution in [0.15, 0.2) is 53.7 Å². The minimum Gasteiger partial charge on any atom is -0.360 e. The van der Waals surface area contributed by atoms with E-state index in [1.807, 2.05) is 30.3 Å². The van der Waals surface area contributed by atoms with E-state index in [1.54, 1.807) is 6.20 Å². The van der Waals surface area contributed by atoms with Crippen LogP contribution in [0.3, 0.4) is 0 Å². The van der Waals surface area contributed by atoms with Crippen LogP contribution in [0, 0.1) is 11.3 Å². The SMILES string of the molecule is CC(C)(C)c1cc(CN=C(C#N)C(=O)c2c[nH]c3ccccc23)cc(C(C)(C)C)c1. The number of carbonyl (C=O) groups is 1. The van der Waals surface area contributed by atoms with Gasteiger partial charge in [-0.2, -0.15) is 5.26 Å². The van der Waals surface area contributed by atoms with Crippen LogP contribution >= 0.6 is 0 Å². The van der Waals surface area contributed by atoms with Gasteiger partial charge in [-0.1, -0.05) is 77.9 Å². The molecule has 1 heterocycles. The molecule has 0 aliphatic heterocycles. The quantitative estimate of drug-likeness (QED) is 0.425. The van der Waals surface area contributed by atoms with Gasteiger partial charge in [0.2, 0.25) is 5.78 Å². The predicted molar refractivity (Wildman–Crippen MR) is 123 cm³/mol. The van der Waals surface area contributed by atoms with Crippen LogP contribution < -0.4 is 0 Å². The second-order valence-electron chi connectivity index (χ2n) is 9.77. The summed E-state index contributed by atoms with van der Waals surface area (Å²) < 4.78 is 0. The number of carbonyl (C=O) groups excluding carboxylic acids is 1. The van der Waals surface area contributed by atoms with E-state index in [4.69, 9.17) is 0 Å². The van der Waals surface area contributed by atoms with Crippen LogP contribution in [0.5, 0.6) is 0 Å². The Balaban J connectivity index is 1.96. The van der Waals surface area contributed by atoms with Gasteiger partial charge in [-0.05, 0) is 33.6 Å². The predicted octanol–water partition coefficient (Wildman–Crippen LogP) is 6.11. The van der Waals surface area contributed by atoms with Crippen LogP contribution in [0.1, 0.15) is 68.6 Å². The van der Waals surface area contributed by atoms with Crippen molar-refractivity contribution in [2.24, 2.45) is 4.99 Å². The lowest BCUT2D eigenvalue weighted by Crippen LogP contribution is -2.17. The molecule has 4 heteroatoms. The van der Waals surface area contributed by atoms with Crippen molar-refractivity contribution in [2.45, 2.75) is 58.9 Å². The van der Waals surface area contributed by atoms with Crippen molar-refractivity contribution in [2.75, 3.05) is 0 Å². The van der Waals surface area contributed by atoms with Gasteiger partial charge >= 0.3 is 0 Å². The molecule has 0 radical (unpaired) electrons. The molecule has 0 unspecified atom stereocenters. The summed E-state index contributed by atoms with van der Waals surface area (Å²) in [7, 11) is 0. The average molecular weight is 400 g/mol. The fourth-order valence-electron chi connectivity index (χ4n) is 3.36. The second kappa shape index (κ2) is 7.91. The van der Waals surface area contributed by atoms with Gasteiger partial charge in [0.25, 0.3) is 0 Å². The number of nitrogens with one attached hydrogen (secondary N) is 1. The first-order valence-corrected chi connectivity index (χ1v) is 10.2. The largest absolute Gasteiger partial charge is 0.360 e. The topological polar surface area (TPSA) is 69.0 Å². The lowest BCUT2D eigenvalue weighted by Gasteiger charge is -2.26. The van der Waals surface area contributed by atoms with Crippen molar-refractivity contribution in [3.63, 3.8) is 0 Å². The first-order valence-electron chi connectivity index (χ1n) is 10.2. The molecule has 4 nitrogen and oxygen atoms in total. The molecule has 0 saturated heterocycles. The van der Waals surface area contributed by atoms with Gasteiger partial charge < -0.3 is 4.98 Å². The zero-order chi connectivity index (χ0) is 22.1. The zero-order valence-corrected chi connectivity index (χ0v) is 18.6. The number of fused-ring (bicyclic) bond motifs is 1. The van der Waals surface area contributed by atoms with Gasteiger partial charge in [0.15, 0.2) is 5.71 Å². The van der Waals surface area contributed by atoms with Crippen molar-refractivity contribution >= 4 is 22.4 Å². The summed E-state index contributed by atoms with van der Waals surface area (Å²) in [4.78, 5) is 20.4. The smallest absolute Gasteiger partial charge is 0.223 e. The Hall–Kier alpha value is -3.19. The molecule has 30 heavy (non-hydrogen) atoms. The maximum absolute atomic E-state index is 13.0. The van der Waals surface area contributed by atoms with E-state index in [0.717, 1.165) is 16.5 Å². The molecule has 0 spiro atoms. The summed E-state index contributed by atoms with van der Waals surface area (Å²) in [5.41, 5.74) is 4.72. The molecular weight excluding hydrogens is 370 g/mol. The van der Waals surface area contributed by atoms with Crippen molar-refractivity contribution in [1.29, 1.82) is 5.26 Å². The number of aromatic amines is 1. The van der Waals surface area contributed by atoms with Crippen LogP contribution in [-0.4, -0.2) is 16.5 Å². The number of hydrogen-bond acceptors (Lipinski definition) is 3. The molecule has 3 rings (SSSR count). The number of nitrogens with zero attached hydrogens (tertiary/aromatic N) is 2. The Labute approximate surface area is 178 Å². The Kier molecular flexibility index (Phi) is 5.67. The molecule has 0 aliphatic rings. The van der Waals surface area contributed by atoms with Gasteiger partial charge in [0, 0.05) is 17.1 Å². The van der Waals surface area contributed by atoms with Crippen molar-refractivity contribution < 1.29 is 4.79 Å². The third-order valence-electron chi connectivity index (χ3n) is 5.30. The third-order valence-corrected chi connectivity index (χ3v) is 5.30. The molecule has 0 fully saturated rings. The first-order chi connectivity index (χ1) is 14.0. The Bertz CT molecular complexity index is 1130. The molecule has 0 amide bonds. The van der Waals surface area contributed by atoms with Crippen LogP contribution in [-0.2, 0) is 17.4 Å². The van der Waals surface area contributed by atoms with Crippen LogP contribution in [0.25, 0.3) is 10.9 Å². The maximum Gasteiger partial charge on any atom is 0.223 e. The molecular formula is C26H29N3O. The van der Waals surface area contributed by atoms with E-state index in [9.17, 15) is 10.1 Å². The van der Waals surface area contributed by atoms with Gasteiger partial charge in [-0.3, -0.25) is 9.79 Å². The zero-order valence-electron chi connectivity index (χ0n) is 18.6. The maximum atomic E-state index is 13.0. The normalized spacial score (nSPS) is 12.8. The molecule has 2 aromatic carbocycles. The summed E-state index contributed by atoms with van der Waals surface area (Å²) in [6.07, 6.45) is 1.65. The standard InChI is InChI=1S/C26H29N3O/c1-25(2,3)18-11-17(12-19(13-18)26(4,5)6)15-28-23(14-27)24(30)21-16-29-22-10-8-7-9-20(21)22/h7-13,16,29H,15H2,1-6H3. The summed E-state index contributed by atoms with van der Waals surface area (Å²) in [6.45, 7) is 13.4. The van der Waals surface area contributed by atoms with Crippen molar-refractivity contribution in [1.82, 2.24) is 4.98 Å². The monoisotopic (exact) mass is 399 g/mol. The van der Waals surface area contributed by atoms with Crippen molar-refractivity contribution in [3.8, 4) is 6.07 Å². The molecule has 154 valence electrons. The fourth-order valence-corrected chi connectivity index (χ4v) is 3.36. The summed E-state index contributed by atoms with van der Waals surface area (Å²) in [6, 6.07) is 16.1. The summed E-state index contributed by atoms with van der Waals surface area (Å²) in [5.74, 6) is -0.349. The number of benzene rings is 2. The summed E-state index contributed by atoms with van der Waals surface area (Å²) in [5, 5.41) is 10.4. The van der Waals surface area contributed by atoms with E-state index in [2.05, 4.69) is 69.7 Å². The van der Waals surface area contributed by atoms with Crippen LogP contribution in [0.4, 0.5) is 0 Å². The highest BCUT2D eigenvalue weighted by Gasteiger charge is 2.21. The second-order valence-corrected chi connectivity index (χ2v) is 9.77. The minimum absolute atomic E-state index is 0.00234. The molecule has 0 atom stereocenters. The summed E-state index contributed by atoms with van der Waals surface area (Å²) >= 11 is 0. The highest BCUT2D eigenvalue weighted by atomic mass is 16.1. The highest BCUT2D eigenvalue weighted by molar-refractivity contribution is 6.52. The Morgan fingerprint density at radius 3 is 2.17 bits per heavy atom. The number of hydrogen-bond donors (Lipinski definition) is 1. The molecule has 1 N–H and O–H groups in total. The van der Waals surface area contributed by atoms with Gasteiger partial charge in [0.1, 0.15) is 6.07 Å². The molecule has 3 aromatic rings. The van der Waals surface area contributed by atoms with Crippen molar-refractivity contribution in [3.05, 3.63) is 70.9 Å². The molecule has 1 aromatic heterocycles. The van der Waals surface area contributed by atoms with E-state index in [1.165, 1.54) is 11.1 Å². The number of aromatic nitrogens is 1.